The van der Waals surface area contributed by atoms with Crippen molar-refractivity contribution in [1.82, 2.24) is 24.6 Å². The molecule has 2 aromatic rings. The van der Waals surface area contributed by atoms with Crippen molar-refractivity contribution in [1.29, 1.82) is 0 Å². The molecule has 1 fully saturated rings. The van der Waals surface area contributed by atoms with E-state index in [2.05, 4.69) is 15.4 Å². The third-order valence-electron chi connectivity index (χ3n) is 5.80. The molecular formula is C21H26F2N6O. The highest BCUT2D eigenvalue weighted by atomic mass is 19.3. The second kappa shape index (κ2) is 7.77. The molecule has 0 aliphatic heterocycles. The van der Waals surface area contributed by atoms with Gasteiger partial charge < -0.3 is 10.2 Å². The van der Waals surface area contributed by atoms with Crippen LogP contribution in [-0.2, 0) is 11.8 Å². The molecule has 9 heteroatoms. The van der Waals surface area contributed by atoms with E-state index in [1.54, 1.807) is 24.1 Å². The molecule has 30 heavy (non-hydrogen) atoms. The van der Waals surface area contributed by atoms with Crippen LogP contribution in [0.2, 0.25) is 0 Å². The molecule has 160 valence electrons. The molecule has 1 saturated carbocycles. The van der Waals surface area contributed by atoms with Crippen molar-refractivity contribution in [3.8, 4) is 0 Å². The molecule has 1 N–H and O–H groups in total. The van der Waals surface area contributed by atoms with E-state index in [1.807, 2.05) is 26.2 Å². The lowest BCUT2D eigenvalue weighted by Gasteiger charge is -2.26. The van der Waals surface area contributed by atoms with Crippen molar-refractivity contribution in [2.24, 2.45) is 13.0 Å². The maximum atomic E-state index is 13.4. The number of amides is 1. The molecule has 0 saturated heterocycles. The summed E-state index contributed by atoms with van der Waals surface area (Å²) in [5, 5.41) is 7.28. The van der Waals surface area contributed by atoms with Gasteiger partial charge in [0.1, 0.15) is 5.92 Å². The average molecular weight is 416 g/mol. The smallest absolute Gasteiger partial charge is 0.260 e. The minimum Gasteiger partial charge on any atom is -0.339 e. The summed E-state index contributed by atoms with van der Waals surface area (Å²) in [6, 6.07) is -0.213. The standard InChI is InChI=1S/C21H26F2N6O/c1-13-10-24-20(26-15-11-25-28(2)12-15)27-18(13)14-6-4-5-7-16(8-14)29(3)19(30)17-9-21(17,22)23/h8,10-12,16-17H,4-7,9H2,1-3H3,(H,24,26,27)/t16-,17-/m0/s1. The number of nitrogens with one attached hydrogen (secondary N) is 1. The lowest BCUT2D eigenvalue weighted by Crippen LogP contribution is -2.37. The van der Waals surface area contributed by atoms with Crippen molar-refractivity contribution in [3.05, 3.63) is 35.9 Å². The minimum atomic E-state index is -2.85. The molecule has 0 radical (unpaired) electrons. The summed E-state index contributed by atoms with van der Waals surface area (Å²) in [6.45, 7) is 1.95. The van der Waals surface area contributed by atoms with E-state index < -0.39 is 17.7 Å². The fraction of sp³-hybridized carbons (Fsp3) is 0.524. The predicted octanol–water partition coefficient (Wildman–Crippen LogP) is 3.70. The zero-order valence-electron chi connectivity index (χ0n) is 17.4. The number of anilines is 2. The Morgan fingerprint density at radius 1 is 1.33 bits per heavy atom. The van der Waals surface area contributed by atoms with Crippen molar-refractivity contribution in [2.75, 3.05) is 12.4 Å². The fourth-order valence-electron chi connectivity index (χ4n) is 3.90. The Bertz CT molecular complexity index is 986. The zero-order valence-corrected chi connectivity index (χ0v) is 17.4. The van der Waals surface area contributed by atoms with Gasteiger partial charge in [0.25, 0.3) is 5.92 Å². The lowest BCUT2D eigenvalue weighted by molar-refractivity contribution is -0.134. The molecule has 2 aliphatic carbocycles. The van der Waals surface area contributed by atoms with Crippen LogP contribution in [0.1, 0.15) is 43.4 Å². The summed E-state index contributed by atoms with van der Waals surface area (Å²) in [4.78, 5) is 23.0. The highest BCUT2D eigenvalue weighted by molar-refractivity contribution is 5.83. The largest absolute Gasteiger partial charge is 0.339 e. The molecule has 2 atom stereocenters. The number of nitrogens with zero attached hydrogens (tertiary/aromatic N) is 5. The lowest BCUT2D eigenvalue weighted by atomic mass is 10.0. The van der Waals surface area contributed by atoms with Crippen LogP contribution in [0.4, 0.5) is 20.4 Å². The third-order valence-corrected chi connectivity index (χ3v) is 5.80. The van der Waals surface area contributed by atoms with E-state index in [0.29, 0.717) is 5.95 Å². The van der Waals surface area contributed by atoms with Crippen LogP contribution < -0.4 is 5.32 Å². The van der Waals surface area contributed by atoms with Gasteiger partial charge in [0, 0.05) is 32.9 Å². The van der Waals surface area contributed by atoms with Crippen molar-refractivity contribution < 1.29 is 13.6 Å². The summed E-state index contributed by atoms with van der Waals surface area (Å²) >= 11 is 0. The number of aryl methyl sites for hydroxylation is 2. The molecule has 4 rings (SSSR count). The Labute approximate surface area is 174 Å². The van der Waals surface area contributed by atoms with E-state index in [1.165, 1.54) is 4.90 Å². The van der Waals surface area contributed by atoms with Gasteiger partial charge in [0.2, 0.25) is 11.9 Å². The van der Waals surface area contributed by atoms with Crippen LogP contribution in [0.3, 0.4) is 0 Å². The van der Waals surface area contributed by atoms with E-state index in [9.17, 15) is 13.6 Å². The number of rotatable bonds is 5. The van der Waals surface area contributed by atoms with Gasteiger partial charge in [-0.3, -0.25) is 9.48 Å². The van der Waals surface area contributed by atoms with Crippen LogP contribution in [0.25, 0.3) is 5.57 Å². The first-order valence-corrected chi connectivity index (χ1v) is 10.2. The van der Waals surface area contributed by atoms with E-state index in [4.69, 9.17) is 4.98 Å². The van der Waals surface area contributed by atoms with Gasteiger partial charge in [-0.25, -0.2) is 18.7 Å². The van der Waals surface area contributed by atoms with Gasteiger partial charge in [-0.05, 0) is 37.3 Å². The van der Waals surface area contributed by atoms with Gasteiger partial charge >= 0.3 is 0 Å². The van der Waals surface area contributed by atoms with Crippen molar-refractivity contribution in [2.45, 2.75) is 51.0 Å². The first-order chi connectivity index (χ1) is 14.2. The number of aromatic nitrogens is 4. The Morgan fingerprint density at radius 2 is 2.10 bits per heavy atom. The second-order valence-electron chi connectivity index (χ2n) is 8.22. The topological polar surface area (TPSA) is 75.9 Å². The number of likely N-dealkylation sites (N-methyl/N-ethyl adjacent to an activating group) is 1. The van der Waals surface area contributed by atoms with E-state index >= 15 is 0 Å². The predicted molar refractivity (Wildman–Crippen MR) is 109 cm³/mol. The highest BCUT2D eigenvalue weighted by Gasteiger charge is 2.62. The molecule has 1 amide bonds. The summed E-state index contributed by atoms with van der Waals surface area (Å²) in [6.07, 6.45) is 10.4. The first-order valence-electron chi connectivity index (χ1n) is 10.2. The molecule has 0 bridgehead atoms. The van der Waals surface area contributed by atoms with Crippen LogP contribution in [0, 0.1) is 12.8 Å². The van der Waals surface area contributed by atoms with Gasteiger partial charge in [-0.2, -0.15) is 5.10 Å². The number of alkyl halides is 2. The van der Waals surface area contributed by atoms with Gasteiger partial charge in [0.05, 0.1) is 23.6 Å². The molecule has 0 unspecified atom stereocenters. The highest BCUT2D eigenvalue weighted by Crippen LogP contribution is 2.49. The molecule has 2 aliphatic rings. The zero-order chi connectivity index (χ0) is 21.5. The molecule has 2 aromatic heterocycles. The molecule has 2 heterocycles. The Morgan fingerprint density at radius 3 is 2.77 bits per heavy atom. The number of hydrogen-bond acceptors (Lipinski definition) is 5. The summed E-state index contributed by atoms with van der Waals surface area (Å²) in [7, 11) is 3.46. The summed E-state index contributed by atoms with van der Waals surface area (Å²) in [5.41, 5.74) is 3.56. The maximum absolute atomic E-state index is 13.4. The number of carbonyl (C=O) groups excluding carboxylic acids is 1. The molecule has 0 spiro atoms. The molecular weight excluding hydrogens is 390 g/mol. The third kappa shape index (κ3) is 4.20. The summed E-state index contributed by atoms with van der Waals surface area (Å²) in [5.74, 6) is -4.02. The maximum Gasteiger partial charge on any atom is 0.260 e. The minimum absolute atomic E-state index is 0.213. The Hall–Kier alpha value is -2.84. The number of halogens is 2. The number of hydrogen-bond donors (Lipinski definition) is 1. The summed E-state index contributed by atoms with van der Waals surface area (Å²) < 4.78 is 28.4. The van der Waals surface area contributed by atoms with Crippen molar-refractivity contribution in [3.63, 3.8) is 0 Å². The monoisotopic (exact) mass is 416 g/mol. The van der Waals surface area contributed by atoms with Crippen LogP contribution in [0.15, 0.2) is 24.7 Å². The van der Waals surface area contributed by atoms with E-state index in [0.717, 1.165) is 48.2 Å². The normalized spacial score (nSPS) is 22.8. The molecule has 7 nitrogen and oxygen atoms in total. The van der Waals surface area contributed by atoms with E-state index in [-0.39, 0.29) is 12.5 Å². The number of allylic oxidation sites excluding steroid dienone is 1. The van der Waals surface area contributed by atoms with Crippen LogP contribution in [0.5, 0.6) is 0 Å². The van der Waals surface area contributed by atoms with Crippen LogP contribution in [-0.4, -0.2) is 49.6 Å². The number of carbonyl (C=O) groups is 1. The SMILES string of the molecule is Cc1cnc(Nc2cnn(C)c2)nc1C1=C[C@@H](N(C)C(=O)[C@@H]2CC2(F)F)CCCC1. The van der Waals surface area contributed by atoms with Crippen LogP contribution >= 0.6 is 0 Å². The quantitative estimate of drug-likeness (QED) is 0.804. The second-order valence-corrected chi connectivity index (χ2v) is 8.22. The van der Waals surface area contributed by atoms with Gasteiger partial charge in [0.15, 0.2) is 0 Å². The first kappa shape index (κ1) is 20.4. The Kier molecular flexibility index (Phi) is 5.29. The van der Waals surface area contributed by atoms with Gasteiger partial charge in [-0.1, -0.05) is 12.5 Å². The van der Waals surface area contributed by atoms with Gasteiger partial charge in [-0.15, -0.1) is 0 Å². The molecule has 0 aromatic carbocycles. The average Bonchev–Trinajstić information content (AvgIpc) is 3.27. The van der Waals surface area contributed by atoms with Crippen molar-refractivity contribution >= 4 is 23.1 Å². The Balaban J connectivity index is 1.58. The fourth-order valence-corrected chi connectivity index (χ4v) is 3.90.